The third kappa shape index (κ3) is 3.40. The number of amides is 1. The lowest BCUT2D eigenvalue weighted by Gasteiger charge is -2.24. The molecule has 1 aromatic rings. The Morgan fingerprint density at radius 2 is 1.88 bits per heavy atom. The first-order valence-electron chi connectivity index (χ1n) is 8.12. The van der Waals surface area contributed by atoms with Crippen molar-refractivity contribution in [3.05, 3.63) is 27.8 Å². The molecule has 1 aliphatic carbocycles. The van der Waals surface area contributed by atoms with Gasteiger partial charge in [-0.25, -0.2) is 0 Å². The molecule has 0 N–H and O–H groups in total. The second-order valence-electron chi connectivity index (χ2n) is 6.48. The maximum atomic E-state index is 13.3. The van der Waals surface area contributed by atoms with E-state index < -0.39 is 22.4 Å². The second-order valence-corrected chi connectivity index (χ2v) is 6.48. The van der Waals surface area contributed by atoms with Crippen molar-refractivity contribution in [2.24, 2.45) is 5.92 Å². The Hall–Kier alpha value is -2.32. The Morgan fingerprint density at radius 3 is 2.36 bits per heavy atom. The SMILES string of the molecule is CN(C(=O)C1CC1)c1cc(C(F)(F)F)cc(N2CCCC2)c1[N+](=O)[O-]. The molecule has 1 saturated carbocycles. The Morgan fingerprint density at radius 1 is 1.28 bits per heavy atom. The van der Waals surface area contributed by atoms with Crippen molar-refractivity contribution in [2.75, 3.05) is 29.9 Å². The largest absolute Gasteiger partial charge is 0.416 e. The Labute approximate surface area is 142 Å². The zero-order chi connectivity index (χ0) is 18.4. The van der Waals surface area contributed by atoms with Crippen LogP contribution in [0.15, 0.2) is 12.1 Å². The fraction of sp³-hybridized carbons (Fsp3) is 0.562. The number of halogens is 3. The number of benzene rings is 1. The van der Waals surface area contributed by atoms with Crippen LogP contribution in [0, 0.1) is 16.0 Å². The monoisotopic (exact) mass is 357 g/mol. The predicted molar refractivity (Wildman–Crippen MR) is 85.7 cm³/mol. The molecule has 6 nitrogen and oxygen atoms in total. The van der Waals surface area contributed by atoms with Gasteiger partial charge in [0.2, 0.25) is 5.91 Å². The number of hydrogen-bond donors (Lipinski definition) is 0. The van der Waals surface area contributed by atoms with Crippen molar-refractivity contribution >= 4 is 23.0 Å². The topological polar surface area (TPSA) is 66.7 Å². The minimum atomic E-state index is -4.65. The molecule has 1 saturated heterocycles. The summed E-state index contributed by atoms with van der Waals surface area (Å²) in [5.74, 6) is -0.635. The van der Waals surface area contributed by atoms with Gasteiger partial charge in [-0.1, -0.05) is 0 Å². The van der Waals surface area contributed by atoms with E-state index in [9.17, 15) is 28.1 Å². The molecule has 25 heavy (non-hydrogen) atoms. The molecule has 136 valence electrons. The van der Waals surface area contributed by atoms with Crippen LogP contribution in [0.2, 0.25) is 0 Å². The Bertz CT molecular complexity index is 711. The molecule has 0 unspecified atom stereocenters. The third-order valence-electron chi connectivity index (χ3n) is 4.64. The second kappa shape index (κ2) is 6.20. The van der Waals surface area contributed by atoms with Crippen LogP contribution in [0.4, 0.5) is 30.2 Å². The smallest absolute Gasteiger partial charge is 0.366 e. The van der Waals surface area contributed by atoms with E-state index in [0.717, 1.165) is 23.8 Å². The van der Waals surface area contributed by atoms with E-state index in [0.29, 0.717) is 32.0 Å². The number of rotatable bonds is 4. The van der Waals surface area contributed by atoms with Crippen molar-refractivity contribution in [3.63, 3.8) is 0 Å². The van der Waals surface area contributed by atoms with Crippen LogP contribution in [0.3, 0.4) is 0 Å². The molecule has 9 heteroatoms. The minimum absolute atomic E-state index is 0.0669. The third-order valence-corrected chi connectivity index (χ3v) is 4.64. The standard InChI is InChI=1S/C16H18F3N3O3/c1-20(15(23)10-4-5-10)12-8-11(16(17,18)19)9-13(14(12)22(24)25)21-6-2-3-7-21/h8-10H,2-7H2,1H3. The van der Waals surface area contributed by atoms with Gasteiger partial charge in [0.1, 0.15) is 11.4 Å². The van der Waals surface area contributed by atoms with E-state index in [-0.39, 0.29) is 23.2 Å². The summed E-state index contributed by atoms with van der Waals surface area (Å²) in [4.78, 5) is 25.8. The number of alkyl halides is 3. The number of carbonyl (C=O) groups is 1. The molecule has 1 aromatic carbocycles. The zero-order valence-electron chi connectivity index (χ0n) is 13.7. The first kappa shape index (κ1) is 17.5. The summed E-state index contributed by atoms with van der Waals surface area (Å²) in [5, 5.41) is 11.6. The molecule has 2 fully saturated rings. The van der Waals surface area contributed by atoms with Crippen molar-refractivity contribution in [3.8, 4) is 0 Å². The molecule has 0 bridgehead atoms. The highest BCUT2D eigenvalue weighted by atomic mass is 19.4. The van der Waals surface area contributed by atoms with E-state index >= 15 is 0 Å². The van der Waals surface area contributed by atoms with Gasteiger partial charge in [-0.15, -0.1) is 0 Å². The van der Waals surface area contributed by atoms with Crippen LogP contribution in [0.25, 0.3) is 0 Å². The Balaban J connectivity index is 2.17. The van der Waals surface area contributed by atoms with E-state index in [1.807, 2.05) is 0 Å². The number of carbonyl (C=O) groups excluding carboxylic acids is 1. The van der Waals surface area contributed by atoms with Gasteiger partial charge in [0.05, 0.1) is 10.5 Å². The maximum absolute atomic E-state index is 13.3. The van der Waals surface area contributed by atoms with Crippen LogP contribution < -0.4 is 9.80 Å². The quantitative estimate of drug-likeness (QED) is 0.610. The summed E-state index contributed by atoms with van der Waals surface area (Å²) in [5.41, 5.74) is -1.78. The number of nitro groups is 1. The highest BCUT2D eigenvalue weighted by Crippen LogP contribution is 2.45. The molecule has 0 aromatic heterocycles. The van der Waals surface area contributed by atoms with Gasteiger partial charge in [-0.2, -0.15) is 13.2 Å². The van der Waals surface area contributed by atoms with E-state index in [1.165, 1.54) is 7.05 Å². The highest BCUT2D eigenvalue weighted by molar-refractivity contribution is 5.99. The average molecular weight is 357 g/mol. The fourth-order valence-corrected chi connectivity index (χ4v) is 3.13. The summed E-state index contributed by atoms with van der Waals surface area (Å²) in [6, 6.07) is 1.53. The molecule has 1 aliphatic heterocycles. The minimum Gasteiger partial charge on any atom is -0.366 e. The van der Waals surface area contributed by atoms with Crippen LogP contribution in [0.1, 0.15) is 31.2 Å². The van der Waals surface area contributed by atoms with Crippen LogP contribution in [-0.2, 0) is 11.0 Å². The highest BCUT2D eigenvalue weighted by Gasteiger charge is 2.40. The lowest BCUT2D eigenvalue weighted by Crippen LogP contribution is -2.30. The lowest BCUT2D eigenvalue weighted by molar-refractivity contribution is -0.383. The summed E-state index contributed by atoms with van der Waals surface area (Å²) in [7, 11) is 1.30. The lowest BCUT2D eigenvalue weighted by atomic mass is 10.1. The number of hydrogen-bond acceptors (Lipinski definition) is 4. The summed E-state index contributed by atoms with van der Waals surface area (Å²) >= 11 is 0. The van der Waals surface area contributed by atoms with Crippen LogP contribution >= 0.6 is 0 Å². The van der Waals surface area contributed by atoms with Gasteiger partial charge in [0.15, 0.2) is 0 Å². The van der Waals surface area contributed by atoms with Crippen molar-refractivity contribution in [1.82, 2.24) is 0 Å². The molecule has 3 rings (SSSR count). The molecule has 0 spiro atoms. The van der Waals surface area contributed by atoms with Gasteiger partial charge in [0, 0.05) is 26.1 Å². The molecule has 1 amide bonds. The van der Waals surface area contributed by atoms with E-state index in [1.54, 1.807) is 4.90 Å². The van der Waals surface area contributed by atoms with E-state index in [2.05, 4.69) is 0 Å². The average Bonchev–Trinajstić information content (AvgIpc) is 3.25. The normalized spacial score (nSPS) is 17.7. The van der Waals surface area contributed by atoms with Gasteiger partial charge in [-0.05, 0) is 37.8 Å². The number of nitro benzene ring substituents is 1. The fourth-order valence-electron chi connectivity index (χ4n) is 3.13. The van der Waals surface area contributed by atoms with Gasteiger partial charge < -0.3 is 9.80 Å². The predicted octanol–water partition coefficient (Wildman–Crippen LogP) is 3.59. The number of nitrogens with zero attached hydrogens (tertiary/aromatic N) is 3. The van der Waals surface area contributed by atoms with Gasteiger partial charge in [0.25, 0.3) is 0 Å². The number of anilines is 2. The van der Waals surface area contributed by atoms with Crippen LogP contribution in [0.5, 0.6) is 0 Å². The van der Waals surface area contributed by atoms with Crippen molar-refractivity contribution in [1.29, 1.82) is 0 Å². The molecule has 2 aliphatic rings. The molecular weight excluding hydrogens is 339 g/mol. The summed E-state index contributed by atoms with van der Waals surface area (Å²) in [6.07, 6.45) is -1.80. The maximum Gasteiger partial charge on any atom is 0.416 e. The zero-order valence-corrected chi connectivity index (χ0v) is 13.7. The molecular formula is C16H18F3N3O3. The summed E-state index contributed by atoms with van der Waals surface area (Å²) in [6.45, 7) is 0.920. The van der Waals surface area contributed by atoms with Crippen molar-refractivity contribution < 1.29 is 22.9 Å². The molecule has 0 radical (unpaired) electrons. The summed E-state index contributed by atoms with van der Waals surface area (Å²) < 4.78 is 39.9. The molecule has 1 heterocycles. The van der Waals surface area contributed by atoms with Gasteiger partial charge >= 0.3 is 11.9 Å². The van der Waals surface area contributed by atoms with E-state index in [4.69, 9.17) is 0 Å². The van der Waals surface area contributed by atoms with Gasteiger partial charge in [-0.3, -0.25) is 14.9 Å². The first-order valence-corrected chi connectivity index (χ1v) is 8.12. The van der Waals surface area contributed by atoms with Crippen molar-refractivity contribution in [2.45, 2.75) is 31.9 Å². The first-order chi connectivity index (χ1) is 11.7. The molecule has 0 atom stereocenters. The van der Waals surface area contributed by atoms with Crippen LogP contribution in [-0.4, -0.2) is 31.0 Å². The Kier molecular flexibility index (Phi) is 4.34.